The molecule has 440 valence electrons. The number of pyridine rings is 2. The van der Waals surface area contributed by atoms with Crippen LogP contribution in [0.25, 0.3) is 0 Å². The van der Waals surface area contributed by atoms with Crippen LogP contribution < -0.4 is 40.2 Å². The Balaban J connectivity index is 0.000000231. The first-order valence-corrected chi connectivity index (χ1v) is 28.5. The molecule has 4 aliphatic rings. The molecule has 2 fully saturated rings. The van der Waals surface area contributed by atoms with Gasteiger partial charge in [-0.1, -0.05) is 41.5 Å². The Kier molecular flexibility index (Phi) is 19.9. The van der Waals surface area contributed by atoms with Gasteiger partial charge in [0.05, 0.1) is 36.5 Å². The number of hydrogen-bond acceptors (Lipinski definition) is 12. The number of aliphatic hydroxyl groups excluding tert-OH is 2. The number of carbonyl (C=O) groups excluding carboxylic acids is 2. The Morgan fingerprint density at radius 3 is 1.21 bits per heavy atom. The van der Waals surface area contributed by atoms with E-state index >= 15 is 0 Å². The van der Waals surface area contributed by atoms with Crippen LogP contribution in [-0.2, 0) is 35.3 Å². The van der Waals surface area contributed by atoms with Crippen molar-refractivity contribution in [2.75, 3.05) is 13.1 Å². The lowest BCUT2D eigenvalue weighted by Crippen LogP contribution is -2.52. The number of carbonyl (C=O) groups is 2. The summed E-state index contributed by atoms with van der Waals surface area (Å²) in [6, 6.07) is 8.85. The summed E-state index contributed by atoms with van der Waals surface area (Å²) in [6.45, 7) is 23.8. The van der Waals surface area contributed by atoms with E-state index in [-0.39, 0.29) is 84.1 Å². The van der Waals surface area contributed by atoms with Crippen molar-refractivity contribution < 1.29 is 56.3 Å². The number of aliphatic hydroxyl groups is 2. The fraction of sp³-hybridized carbons (Fsp3) is 0.613. The van der Waals surface area contributed by atoms with Crippen LogP contribution in [0.2, 0.25) is 0 Å². The summed E-state index contributed by atoms with van der Waals surface area (Å²) in [6.07, 6.45) is 6.81. The third-order valence-corrected chi connectivity index (χ3v) is 14.8. The minimum Gasteiger partial charge on any atom is -0.481 e. The number of amides is 2. The molecule has 2 saturated carbocycles. The summed E-state index contributed by atoms with van der Waals surface area (Å²) in [7, 11) is 0. The number of aromatic nitrogens is 2. The van der Waals surface area contributed by atoms with Gasteiger partial charge in [0.1, 0.15) is 34.5 Å². The highest BCUT2D eigenvalue weighted by Gasteiger charge is 2.49. The molecule has 2 aliphatic heterocycles. The van der Waals surface area contributed by atoms with E-state index in [2.05, 4.69) is 74.9 Å². The Hall–Kier alpha value is -5.56. The molecule has 80 heavy (non-hydrogen) atoms. The second-order valence-corrected chi connectivity index (χ2v) is 25.8. The van der Waals surface area contributed by atoms with Crippen LogP contribution >= 0.6 is 0 Å². The number of rotatable bonds is 20. The molecule has 0 unspecified atom stereocenters. The molecule has 2 amide bonds. The number of ether oxygens (including phenoxy) is 4. The van der Waals surface area contributed by atoms with Gasteiger partial charge in [0.2, 0.25) is 11.8 Å². The molecule has 0 radical (unpaired) electrons. The molecule has 4 aromatic rings. The number of nitrogens with zero attached hydrogens (tertiary/aromatic N) is 2. The SMILES string of the molecule is CC(=O)N[C@@H](Cc1cc(F)cc(F)c1)[C@H](O)CN[C@@H]1CC2(CCC2)Oc2c1cc(CC(C)(C)C)nc2OC(C)C.CC(=O)N[C@@H](Cc1cc(F)cc(F)c1)[C@H](O)CN[C@H]1CC2(CCC2)Oc2c1cc(CC(C)(C)C)nc2OC(C)C. The summed E-state index contributed by atoms with van der Waals surface area (Å²) in [4.78, 5) is 33.6. The lowest BCUT2D eigenvalue weighted by Gasteiger charge is -2.48. The maximum Gasteiger partial charge on any atom is 0.257 e. The van der Waals surface area contributed by atoms with Gasteiger partial charge in [-0.25, -0.2) is 27.5 Å². The van der Waals surface area contributed by atoms with E-state index in [0.717, 1.165) is 98.9 Å². The summed E-state index contributed by atoms with van der Waals surface area (Å²) < 4.78 is 80.7. The molecular weight excluding hydrogens is 1030 g/mol. The average molecular weight is 1120 g/mol. The van der Waals surface area contributed by atoms with Crippen molar-refractivity contribution in [3.63, 3.8) is 0 Å². The fourth-order valence-corrected chi connectivity index (χ4v) is 11.2. The monoisotopic (exact) mass is 1120 g/mol. The highest BCUT2D eigenvalue weighted by Crippen LogP contribution is 2.53. The Labute approximate surface area is 470 Å². The van der Waals surface area contributed by atoms with E-state index < -0.39 is 47.6 Å². The van der Waals surface area contributed by atoms with Crippen LogP contribution in [-0.4, -0.2) is 92.8 Å². The van der Waals surface area contributed by atoms with Gasteiger partial charge >= 0.3 is 0 Å². The summed E-state index contributed by atoms with van der Waals surface area (Å²) in [5.41, 5.74) is 3.82. The van der Waals surface area contributed by atoms with E-state index in [1.807, 2.05) is 27.7 Å². The first-order valence-electron chi connectivity index (χ1n) is 28.5. The summed E-state index contributed by atoms with van der Waals surface area (Å²) in [5, 5.41) is 34.9. The van der Waals surface area contributed by atoms with Gasteiger partial charge in [-0.3, -0.25) is 9.59 Å². The van der Waals surface area contributed by atoms with Crippen LogP contribution in [0.4, 0.5) is 17.6 Å². The van der Waals surface area contributed by atoms with Crippen molar-refractivity contribution in [1.82, 2.24) is 31.2 Å². The van der Waals surface area contributed by atoms with Crippen molar-refractivity contribution in [3.8, 4) is 23.3 Å². The maximum absolute atomic E-state index is 13.8. The normalized spacial score (nSPS) is 19.4. The molecular formula is C62H86F4N6O8. The van der Waals surface area contributed by atoms with Crippen LogP contribution in [0.15, 0.2) is 48.5 Å². The average Bonchev–Trinajstić information content (AvgIpc) is 3.38. The zero-order valence-electron chi connectivity index (χ0n) is 48.9. The highest BCUT2D eigenvalue weighted by atomic mass is 19.1. The van der Waals surface area contributed by atoms with E-state index in [1.54, 1.807) is 0 Å². The Morgan fingerprint density at radius 2 is 0.938 bits per heavy atom. The van der Waals surface area contributed by atoms with E-state index in [4.69, 9.17) is 28.9 Å². The number of benzene rings is 2. The topological polar surface area (TPSA) is 185 Å². The van der Waals surface area contributed by atoms with Crippen molar-refractivity contribution in [1.29, 1.82) is 0 Å². The number of fused-ring (bicyclic) bond motifs is 2. The molecule has 2 aromatic heterocycles. The predicted molar refractivity (Wildman–Crippen MR) is 299 cm³/mol. The molecule has 14 nitrogen and oxygen atoms in total. The van der Waals surface area contributed by atoms with Crippen molar-refractivity contribution in [3.05, 3.63) is 105 Å². The van der Waals surface area contributed by atoms with E-state index in [9.17, 15) is 37.4 Å². The molecule has 2 spiro atoms. The second-order valence-electron chi connectivity index (χ2n) is 25.8. The smallest absolute Gasteiger partial charge is 0.257 e. The van der Waals surface area contributed by atoms with Gasteiger partial charge in [-0.15, -0.1) is 0 Å². The summed E-state index contributed by atoms with van der Waals surface area (Å²) in [5.74, 6) is -1.18. The molecule has 2 aliphatic carbocycles. The van der Waals surface area contributed by atoms with Gasteiger partial charge in [-0.05, 0) is 150 Å². The zero-order valence-corrected chi connectivity index (χ0v) is 48.9. The summed E-state index contributed by atoms with van der Waals surface area (Å²) >= 11 is 0. The van der Waals surface area contributed by atoms with Gasteiger partial charge < -0.3 is 50.4 Å². The molecule has 0 saturated heterocycles. The standard InChI is InChI=1S/2C31H43F2N3O4/c2*1-18(2)39-29-28-24(14-23(36-29)15-30(4,5)6)26(16-31(40-28)8-7-9-31)34-17-27(38)25(35-19(3)37)12-20-10-21(32)13-22(33)11-20/h2*10-11,13-14,18,25-27,34,38H,7-9,12,15-17H2,1-6H3,(H,35,37)/t25-,26+,27+;25-,26-,27+/m00/s1. The molecule has 6 N–H and O–H groups in total. The lowest BCUT2D eigenvalue weighted by atomic mass is 9.73. The van der Waals surface area contributed by atoms with E-state index in [1.165, 1.54) is 38.1 Å². The zero-order chi connectivity index (χ0) is 58.5. The van der Waals surface area contributed by atoms with Crippen molar-refractivity contribution in [2.24, 2.45) is 10.8 Å². The van der Waals surface area contributed by atoms with Gasteiger partial charge in [0.15, 0.2) is 11.5 Å². The Morgan fingerprint density at radius 1 is 0.600 bits per heavy atom. The van der Waals surface area contributed by atoms with Gasteiger partial charge in [0, 0.05) is 86.5 Å². The minimum atomic E-state index is -1.01. The molecule has 2 aromatic carbocycles. The van der Waals surface area contributed by atoms with Crippen LogP contribution in [0.5, 0.6) is 23.3 Å². The van der Waals surface area contributed by atoms with Gasteiger partial charge in [0.25, 0.3) is 11.8 Å². The quantitative estimate of drug-likeness (QED) is 0.0461. The van der Waals surface area contributed by atoms with Crippen LogP contribution in [0.3, 0.4) is 0 Å². The van der Waals surface area contributed by atoms with Crippen molar-refractivity contribution in [2.45, 2.75) is 220 Å². The number of hydrogen-bond donors (Lipinski definition) is 6. The van der Waals surface area contributed by atoms with Gasteiger partial charge in [-0.2, -0.15) is 0 Å². The number of halogens is 4. The van der Waals surface area contributed by atoms with E-state index in [0.29, 0.717) is 34.4 Å². The highest BCUT2D eigenvalue weighted by molar-refractivity contribution is 5.73. The van der Waals surface area contributed by atoms with Crippen LogP contribution in [0, 0.1) is 34.1 Å². The third-order valence-electron chi connectivity index (χ3n) is 14.8. The third kappa shape index (κ3) is 17.2. The molecule has 18 heteroatoms. The molecule has 0 bridgehead atoms. The molecule has 4 heterocycles. The lowest BCUT2D eigenvalue weighted by molar-refractivity contribution is -0.121. The Bertz CT molecular complexity index is 2570. The first kappa shape index (κ1) is 62.0. The maximum atomic E-state index is 13.8. The largest absolute Gasteiger partial charge is 0.481 e. The predicted octanol–water partition coefficient (Wildman–Crippen LogP) is 10.4. The molecule has 8 rings (SSSR count). The van der Waals surface area contributed by atoms with Crippen molar-refractivity contribution >= 4 is 11.8 Å². The second kappa shape index (κ2) is 25.7. The first-order chi connectivity index (χ1) is 37.4. The minimum absolute atomic E-state index is 0.0160. The molecule has 6 atom stereocenters. The van der Waals surface area contributed by atoms with Crippen LogP contribution in [0.1, 0.15) is 180 Å². The fourth-order valence-electron chi connectivity index (χ4n) is 11.2. The number of nitrogens with one attached hydrogen (secondary N) is 4.